The summed E-state index contributed by atoms with van der Waals surface area (Å²) < 4.78 is 27.1. The molecule has 0 radical (unpaired) electrons. The molecule has 2 aliphatic carbocycles. The van der Waals surface area contributed by atoms with E-state index in [1.807, 2.05) is 0 Å². The number of amides is 1. The molecule has 1 saturated heterocycles. The topological polar surface area (TPSA) is 69.5 Å². The van der Waals surface area contributed by atoms with E-state index in [4.69, 9.17) is 9.47 Å². The summed E-state index contributed by atoms with van der Waals surface area (Å²) in [5.74, 6) is 3.66. The number of nitrogens with zero attached hydrogens (tertiary/aromatic N) is 4. The molecule has 3 aliphatic rings. The Morgan fingerprint density at radius 1 is 1.27 bits per heavy atom. The molecule has 0 N–H and O–H groups in total. The summed E-state index contributed by atoms with van der Waals surface area (Å²) in [7, 11) is 0. The normalized spacial score (nSPS) is 25.0. The molecule has 1 aliphatic heterocycles. The molecule has 4 atom stereocenters. The number of carbonyl (C=O) groups excluding carboxylic acids is 1. The van der Waals surface area contributed by atoms with Gasteiger partial charge in [-0.3, -0.25) is 4.57 Å². The van der Waals surface area contributed by atoms with Crippen LogP contribution >= 0.6 is 11.8 Å². The Morgan fingerprint density at radius 2 is 2.15 bits per heavy atom. The highest BCUT2D eigenvalue weighted by Gasteiger charge is 2.43. The molecular formula is C24H31FN4O3S. The number of rotatable bonds is 10. The first kappa shape index (κ1) is 22.5. The number of fused-ring (bicyclic) bond motifs is 2. The molecule has 2 saturated carbocycles. The van der Waals surface area contributed by atoms with Gasteiger partial charge in [-0.1, -0.05) is 30.3 Å². The Kier molecular flexibility index (Phi) is 6.76. The summed E-state index contributed by atoms with van der Waals surface area (Å²) in [5, 5.41) is 9.81. The molecule has 5 rings (SSSR count). The van der Waals surface area contributed by atoms with Gasteiger partial charge in [0.15, 0.2) is 22.5 Å². The molecule has 0 spiro atoms. The van der Waals surface area contributed by atoms with Crippen LogP contribution in [0.2, 0.25) is 0 Å². The van der Waals surface area contributed by atoms with Crippen molar-refractivity contribution in [2.24, 2.45) is 17.8 Å². The summed E-state index contributed by atoms with van der Waals surface area (Å²) in [5.41, 5.74) is 0. The Morgan fingerprint density at radius 3 is 2.88 bits per heavy atom. The van der Waals surface area contributed by atoms with E-state index in [0.717, 1.165) is 35.0 Å². The molecule has 3 fully saturated rings. The number of aromatic nitrogens is 3. The zero-order valence-corrected chi connectivity index (χ0v) is 19.8. The Labute approximate surface area is 198 Å². The Balaban J connectivity index is 1.28. The van der Waals surface area contributed by atoms with Gasteiger partial charge in [0, 0.05) is 18.3 Å². The van der Waals surface area contributed by atoms with Gasteiger partial charge in [-0.05, 0) is 62.5 Å². The van der Waals surface area contributed by atoms with Crippen LogP contribution in [0, 0.1) is 23.6 Å². The SMILES string of the molecule is CC(C1CC2CCC1C2)n1c(COc2ccccc2F)nnc1SCCCN1CCOC1=O. The van der Waals surface area contributed by atoms with Crippen LogP contribution in [0.15, 0.2) is 29.4 Å². The summed E-state index contributed by atoms with van der Waals surface area (Å²) in [6, 6.07) is 6.71. The van der Waals surface area contributed by atoms with E-state index < -0.39 is 0 Å². The molecule has 33 heavy (non-hydrogen) atoms. The van der Waals surface area contributed by atoms with Crippen LogP contribution in [0.5, 0.6) is 5.75 Å². The van der Waals surface area contributed by atoms with Gasteiger partial charge < -0.3 is 14.4 Å². The lowest BCUT2D eigenvalue weighted by molar-refractivity contribution is 0.158. The molecule has 9 heteroatoms. The molecule has 2 heterocycles. The smallest absolute Gasteiger partial charge is 0.409 e. The standard InChI is InChI=1S/C24H31FN4O3S/c1-16(19-14-17-7-8-18(19)13-17)29-22(15-32-21-6-3-2-5-20(21)25)26-27-23(29)33-12-4-9-28-10-11-31-24(28)30/h2-3,5-6,16-19H,4,7-15H2,1H3. The molecule has 178 valence electrons. The van der Waals surface area contributed by atoms with E-state index in [1.54, 1.807) is 34.9 Å². The maximum absolute atomic E-state index is 14.1. The third-order valence-corrected chi connectivity index (χ3v) is 8.43. The summed E-state index contributed by atoms with van der Waals surface area (Å²) in [4.78, 5) is 13.4. The number of thioether (sulfide) groups is 1. The van der Waals surface area contributed by atoms with Crippen LogP contribution in [0.25, 0.3) is 0 Å². The van der Waals surface area contributed by atoms with E-state index in [9.17, 15) is 9.18 Å². The van der Waals surface area contributed by atoms with Gasteiger partial charge in [-0.15, -0.1) is 10.2 Å². The minimum Gasteiger partial charge on any atom is -0.483 e. The van der Waals surface area contributed by atoms with Crippen molar-refractivity contribution in [2.75, 3.05) is 25.4 Å². The van der Waals surface area contributed by atoms with Crippen molar-refractivity contribution >= 4 is 17.9 Å². The fourth-order valence-corrected chi connectivity index (χ4v) is 6.71. The van der Waals surface area contributed by atoms with Crippen molar-refractivity contribution in [3.05, 3.63) is 35.9 Å². The fourth-order valence-electron chi connectivity index (χ4n) is 5.74. The van der Waals surface area contributed by atoms with Crippen LogP contribution < -0.4 is 4.74 Å². The lowest BCUT2D eigenvalue weighted by Gasteiger charge is -2.30. The second-order valence-electron chi connectivity index (χ2n) is 9.37. The molecule has 1 amide bonds. The minimum atomic E-state index is -0.375. The number of hydrogen-bond donors (Lipinski definition) is 0. The number of carbonyl (C=O) groups is 1. The predicted molar refractivity (Wildman–Crippen MR) is 123 cm³/mol. The fraction of sp³-hybridized carbons (Fsp3) is 0.625. The highest BCUT2D eigenvalue weighted by Crippen LogP contribution is 2.52. The second-order valence-corrected chi connectivity index (χ2v) is 10.4. The van der Waals surface area contributed by atoms with Crippen molar-refractivity contribution < 1.29 is 18.7 Å². The zero-order valence-electron chi connectivity index (χ0n) is 19.0. The predicted octanol–water partition coefficient (Wildman–Crippen LogP) is 4.93. The highest BCUT2D eigenvalue weighted by atomic mass is 32.2. The lowest BCUT2D eigenvalue weighted by Crippen LogP contribution is -2.26. The van der Waals surface area contributed by atoms with Crippen LogP contribution in [0.1, 0.15) is 50.9 Å². The maximum atomic E-state index is 14.1. The molecule has 2 aromatic rings. The minimum absolute atomic E-state index is 0.180. The Bertz CT molecular complexity index is 986. The third kappa shape index (κ3) is 4.83. The average Bonchev–Trinajstić information content (AvgIpc) is 3.61. The van der Waals surface area contributed by atoms with E-state index >= 15 is 0 Å². The first-order chi connectivity index (χ1) is 16.1. The van der Waals surface area contributed by atoms with E-state index in [1.165, 1.54) is 31.7 Å². The third-order valence-electron chi connectivity index (χ3n) is 7.40. The average molecular weight is 475 g/mol. The molecule has 4 unspecified atom stereocenters. The van der Waals surface area contributed by atoms with Gasteiger partial charge in [0.05, 0.1) is 6.54 Å². The summed E-state index contributed by atoms with van der Waals surface area (Å²) in [6.45, 7) is 4.28. The first-order valence-electron chi connectivity index (χ1n) is 12.0. The van der Waals surface area contributed by atoms with Crippen molar-refractivity contribution in [3.63, 3.8) is 0 Å². The molecule has 7 nitrogen and oxygen atoms in total. The van der Waals surface area contributed by atoms with Crippen LogP contribution in [0.4, 0.5) is 9.18 Å². The van der Waals surface area contributed by atoms with Gasteiger partial charge in [0.25, 0.3) is 0 Å². The van der Waals surface area contributed by atoms with Crippen LogP contribution in [0.3, 0.4) is 0 Å². The zero-order chi connectivity index (χ0) is 22.8. The number of hydrogen-bond acceptors (Lipinski definition) is 6. The number of cyclic esters (lactones) is 1. The molecule has 1 aromatic heterocycles. The number of ether oxygens (including phenoxy) is 2. The van der Waals surface area contributed by atoms with Gasteiger partial charge in [0.2, 0.25) is 0 Å². The van der Waals surface area contributed by atoms with E-state index in [-0.39, 0.29) is 30.3 Å². The van der Waals surface area contributed by atoms with Gasteiger partial charge >= 0.3 is 6.09 Å². The van der Waals surface area contributed by atoms with Crippen molar-refractivity contribution in [1.82, 2.24) is 19.7 Å². The maximum Gasteiger partial charge on any atom is 0.409 e. The number of halogens is 1. The number of para-hydroxylation sites is 1. The Hall–Kier alpha value is -2.29. The summed E-state index contributed by atoms with van der Waals surface area (Å²) >= 11 is 1.67. The largest absolute Gasteiger partial charge is 0.483 e. The number of benzene rings is 1. The van der Waals surface area contributed by atoms with Crippen molar-refractivity contribution in [1.29, 1.82) is 0 Å². The molecular weight excluding hydrogens is 443 g/mol. The summed E-state index contributed by atoms with van der Waals surface area (Å²) in [6.07, 6.45) is 5.92. The van der Waals surface area contributed by atoms with E-state index in [0.29, 0.717) is 25.6 Å². The quantitative estimate of drug-likeness (QED) is 0.359. The van der Waals surface area contributed by atoms with Crippen molar-refractivity contribution in [2.45, 2.75) is 56.8 Å². The van der Waals surface area contributed by atoms with Gasteiger partial charge in [-0.2, -0.15) is 0 Å². The molecule has 1 aromatic carbocycles. The lowest BCUT2D eigenvalue weighted by atomic mass is 9.84. The van der Waals surface area contributed by atoms with Gasteiger partial charge in [0.1, 0.15) is 13.2 Å². The monoisotopic (exact) mass is 474 g/mol. The second kappa shape index (κ2) is 9.91. The first-order valence-corrected chi connectivity index (χ1v) is 12.9. The van der Waals surface area contributed by atoms with Gasteiger partial charge in [-0.25, -0.2) is 9.18 Å². The van der Waals surface area contributed by atoms with Crippen LogP contribution in [-0.2, 0) is 11.3 Å². The van der Waals surface area contributed by atoms with Crippen LogP contribution in [-0.4, -0.2) is 51.2 Å². The molecule has 2 bridgehead atoms. The van der Waals surface area contributed by atoms with Crippen molar-refractivity contribution in [3.8, 4) is 5.75 Å². The van der Waals surface area contributed by atoms with E-state index in [2.05, 4.69) is 21.7 Å². The highest BCUT2D eigenvalue weighted by molar-refractivity contribution is 7.99.